The lowest BCUT2D eigenvalue weighted by Gasteiger charge is -2.14. The van der Waals surface area contributed by atoms with Crippen LogP contribution in [0.25, 0.3) is 10.2 Å². The quantitative estimate of drug-likeness (QED) is 0.514. The predicted molar refractivity (Wildman–Crippen MR) is 112 cm³/mol. The number of methoxy groups -OCH3 is 1. The molecule has 0 fully saturated rings. The number of nitrogens with zero attached hydrogens (tertiary/aromatic N) is 1. The molecule has 1 unspecified atom stereocenters. The minimum atomic E-state index is -0.592. The lowest BCUT2D eigenvalue weighted by atomic mass is 10.2. The van der Waals surface area contributed by atoms with Crippen molar-refractivity contribution in [2.75, 3.05) is 19.0 Å². The van der Waals surface area contributed by atoms with E-state index in [9.17, 15) is 9.59 Å². The first-order valence-electron chi connectivity index (χ1n) is 9.05. The summed E-state index contributed by atoms with van der Waals surface area (Å²) < 4.78 is 11.7. The number of carbonyl (C=O) groups excluding carboxylic acids is 2. The molecule has 8 nitrogen and oxygen atoms in total. The molecule has 0 bridgehead atoms. The number of rotatable bonds is 7. The fourth-order valence-electron chi connectivity index (χ4n) is 2.57. The van der Waals surface area contributed by atoms with E-state index >= 15 is 0 Å². The van der Waals surface area contributed by atoms with E-state index in [4.69, 9.17) is 9.47 Å². The minimum Gasteiger partial charge on any atom is -0.493 e. The van der Waals surface area contributed by atoms with Crippen molar-refractivity contribution in [2.24, 2.45) is 0 Å². The van der Waals surface area contributed by atoms with Crippen LogP contribution in [0, 0.1) is 0 Å². The van der Waals surface area contributed by atoms with E-state index in [1.165, 1.54) is 18.4 Å². The zero-order valence-electron chi connectivity index (χ0n) is 16.3. The van der Waals surface area contributed by atoms with E-state index in [0.29, 0.717) is 28.8 Å². The first-order chi connectivity index (χ1) is 14.0. The number of carbonyl (C=O) groups is 2. The molecule has 3 aromatic rings. The first-order valence-corrected chi connectivity index (χ1v) is 9.86. The summed E-state index contributed by atoms with van der Waals surface area (Å²) >= 11 is 1.46. The summed E-state index contributed by atoms with van der Waals surface area (Å²) in [6.45, 7) is 4.03. The van der Waals surface area contributed by atoms with Gasteiger partial charge >= 0.3 is 0 Å². The summed E-state index contributed by atoms with van der Waals surface area (Å²) in [5, 5.41) is 3.68. The maximum atomic E-state index is 12.3. The van der Waals surface area contributed by atoms with Crippen LogP contribution in [0.2, 0.25) is 0 Å². The van der Waals surface area contributed by atoms with Gasteiger partial charge in [0.05, 0.1) is 23.9 Å². The van der Waals surface area contributed by atoms with Gasteiger partial charge in [0.1, 0.15) is 6.04 Å². The molecule has 1 atom stereocenters. The van der Waals surface area contributed by atoms with Gasteiger partial charge < -0.3 is 14.8 Å². The number of fused-ring (bicyclic) bond motifs is 1. The third-order valence-corrected chi connectivity index (χ3v) is 5.02. The summed E-state index contributed by atoms with van der Waals surface area (Å²) in [6.07, 6.45) is 0. The average Bonchev–Trinajstić information content (AvgIpc) is 3.14. The van der Waals surface area contributed by atoms with Crippen LogP contribution < -0.4 is 25.6 Å². The molecule has 0 radical (unpaired) electrons. The molecule has 0 aliphatic carbocycles. The second kappa shape index (κ2) is 9.24. The van der Waals surface area contributed by atoms with Crippen LogP contribution in [0.1, 0.15) is 24.2 Å². The molecule has 1 heterocycles. The van der Waals surface area contributed by atoms with E-state index < -0.39 is 17.9 Å². The topological polar surface area (TPSA) is 102 Å². The minimum absolute atomic E-state index is 0.331. The van der Waals surface area contributed by atoms with E-state index in [-0.39, 0.29) is 0 Å². The second-order valence-electron chi connectivity index (χ2n) is 6.09. The Balaban J connectivity index is 1.57. The number of anilines is 1. The Labute approximate surface area is 172 Å². The number of amides is 2. The van der Waals surface area contributed by atoms with Crippen LogP contribution in [0.15, 0.2) is 42.5 Å². The van der Waals surface area contributed by atoms with Gasteiger partial charge in [0.25, 0.3) is 11.8 Å². The normalized spacial score (nSPS) is 11.6. The summed E-state index contributed by atoms with van der Waals surface area (Å²) in [4.78, 5) is 29.1. The lowest BCUT2D eigenvalue weighted by Crippen LogP contribution is -2.47. The number of ether oxygens (including phenoxy) is 2. The zero-order chi connectivity index (χ0) is 20.8. The molecule has 2 amide bonds. The maximum Gasteiger partial charge on any atom is 0.269 e. The number of thiazole rings is 1. The highest BCUT2D eigenvalue weighted by molar-refractivity contribution is 7.22. The number of hydrazine groups is 1. The molecule has 29 heavy (non-hydrogen) atoms. The molecule has 0 spiro atoms. The third kappa shape index (κ3) is 4.94. The van der Waals surface area contributed by atoms with Gasteiger partial charge in [0.2, 0.25) is 0 Å². The van der Waals surface area contributed by atoms with Crippen molar-refractivity contribution in [2.45, 2.75) is 19.9 Å². The van der Waals surface area contributed by atoms with Gasteiger partial charge in [-0.2, -0.15) is 0 Å². The van der Waals surface area contributed by atoms with Gasteiger partial charge in [-0.1, -0.05) is 23.5 Å². The SMILES string of the molecule is CCOc1ccc(C(=O)NNC(=O)C(C)Nc2nc3ccccc3s2)cc1OC. The van der Waals surface area contributed by atoms with Crippen LogP contribution in [0.3, 0.4) is 0 Å². The number of hydrogen-bond acceptors (Lipinski definition) is 7. The Bertz CT molecular complexity index is 988. The number of para-hydroxylation sites is 1. The molecule has 3 N–H and O–H groups in total. The molecule has 0 saturated carbocycles. The van der Waals surface area contributed by atoms with Crippen molar-refractivity contribution in [3.05, 3.63) is 48.0 Å². The molecule has 152 valence electrons. The van der Waals surface area contributed by atoms with Crippen molar-refractivity contribution in [1.29, 1.82) is 0 Å². The van der Waals surface area contributed by atoms with Crippen molar-refractivity contribution in [1.82, 2.24) is 15.8 Å². The van der Waals surface area contributed by atoms with Gasteiger partial charge in [-0.05, 0) is 44.2 Å². The average molecular weight is 414 g/mol. The third-order valence-electron chi connectivity index (χ3n) is 4.05. The predicted octanol–water partition coefficient (Wildman–Crippen LogP) is 2.97. The smallest absolute Gasteiger partial charge is 0.269 e. The standard InChI is InChI=1S/C20H22N4O4S/c1-4-28-15-10-9-13(11-16(15)27-3)19(26)24-23-18(25)12(2)21-20-22-14-7-5-6-8-17(14)29-20/h5-12H,4H2,1-3H3,(H,21,22)(H,23,25)(H,24,26). The van der Waals surface area contributed by atoms with Crippen molar-refractivity contribution >= 4 is 38.5 Å². The fourth-order valence-corrected chi connectivity index (χ4v) is 3.52. The van der Waals surface area contributed by atoms with Crippen LogP contribution in [-0.2, 0) is 4.79 Å². The number of aromatic nitrogens is 1. The summed E-state index contributed by atoms with van der Waals surface area (Å²) in [5.74, 6) is 0.128. The molecule has 3 rings (SSSR count). The van der Waals surface area contributed by atoms with Crippen LogP contribution in [0.5, 0.6) is 11.5 Å². The maximum absolute atomic E-state index is 12.3. The van der Waals surface area contributed by atoms with Crippen LogP contribution >= 0.6 is 11.3 Å². The highest BCUT2D eigenvalue weighted by atomic mass is 32.1. The van der Waals surface area contributed by atoms with Gasteiger partial charge in [-0.25, -0.2) is 4.98 Å². The molecule has 0 aliphatic heterocycles. The molecule has 1 aromatic heterocycles. The van der Waals surface area contributed by atoms with E-state index in [1.54, 1.807) is 25.1 Å². The molecular weight excluding hydrogens is 392 g/mol. The Kier molecular flexibility index (Phi) is 6.50. The number of hydrogen-bond donors (Lipinski definition) is 3. The number of benzene rings is 2. The highest BCUT2D eigenvalue weighted by Gasteiger charge is 2.17. The highest BCUT2D eigenvalue weighted by Crippen LogP contribution is 2.28. The Hall–Kier alpha value is -3.33. The summed E-state index contributed by atoms with van der Waals surface area (Å²) in [5.41, 5.74) is 6.02. The van der Waals surface area contributed by atoms with Crippen molar-refractivity contribution in [3.8, 4) is 11.5 Å². The lowest BCUT2D eigenvalue weighted by molar-refractivity contribution is -0.122. The van der Waals surface area contributed by atoms with Crippen molar-refractivity contribution < 1.29 is 19.1 Å². The molecular formula is C20H22N4O4S. The fraction of sp³-hybridized carbons (Fsp3) is 0.250. The first kappa shape index (κ1) is 20.4. The molecule has 0 aliphatic rings. The summed E-state index contributed by atoms with van der Waals surface area (Å²) in [7, 11) is 1.50. The van der Waals surface area contributed by atoms with Crippen LogP contribution in [-0.4, -0.2) is 36.6 Å². The largest absolute Gasteiger partial charge is 0.493 e. The van der Waals surface area contributed by atoms with E-state index in [1.807, 2.05) is 31.2 Å². The molecule has 2 aromatic carbocycles. The monoisotopic (exact) mass is 414 g/mol. The van der Waals surface area contributed by atoms with E-state index in [2.05, 4.69) is 21.2 Å². The van der Waals surface area contributed by atoms with Gasteiger partial charge in [0, 0.05) is 5.56 Å². The summed E-state index contributed by atoms with van der Waals surface area (Å²) in [6, 6.07) is 11.9. The zero-order valence-corrected chi connectivity index (χ0v) is 17.1. The second-order valence-corrected chi connectivity index (χ2v) is 7.13. The molecule has 9 heteroatoms. The molecule has 0 saturated heterocycles. The number of nitrogens with one attached hydrogen (secondary N) is 3. The van der Waals surface area contributed by atoms with Gasteiger partial charge in [-0.15, -0.1) is 0 Å². The van der Waals surface area contributed by atoms with Gasteiger partial charge in [0.15, 0.2) is 16.6 Å². The van der Waals surface area contributed by atoms with E-state index in [0.717, 1.165) is 10.2 Å². The Morgan fingerprint density at radius 1 is 1.14 bits per heavy atom. The Morgan fingerprint density at radius 3 is 2.66 bits per heavy atom. The van der Waals surface area contributed by atoms with Crippen LogP contribution in [0.4, 0.5) is 5.13 Å². The Morgan fingerprint density at radius 2 is 1.93 bits per heavy atom. The van der Waals surface area contributed by atoms with Gasteiger partial charge in [-0.3, -0.25) is 20.4 Å². The van der Waals surface area contributed by atoms with Crippen molar-refractivity contribution in [3.63, 3.8) is 0 Å².